The van der Waals surface area contributed by atoms with Crippen molar-refractivity contribution in [1.82, 2.24) is 0 Å². The lowest BCUT2D eigenvalue weighted by Crippen LogP contribution is -2.24. The van der Waals surface area contributed by atoms with E-state index in [0.717, 1.165) is 35.5 Å². The van der Waals surface area contributed by atoms with Crippen LogP contribution in [0.3, 0.4) is 0 Å². The zero-order chi connectivity index (χ0) is 20.4. The second-order valence-corrected chi connectivity index (χ2v) is 6.88. The van der Waals surface area contributed by atoms with Crippen LogP contribution in [0.1, 0.15) is 58.6 Å². The molecule has 2 aromatic rings. The summed E-state index contributed by atoms with van der Waals surface area (Å²) in [7, 11) is 0. The first-order valence-electron chi connectivity index (χ1n) is 10.2. The highest BCUT2D eigenvalue weighted by atomic mass is 16.6. The predicted octanol–water partition coefficient (Wildman–Crippen LogP) is 5.95. The second kappa shape index (κ2) is 11.5. The molecule has 0 N–H and O–H groups in total. The molecule has 2 atom stereocenters. The Balaban J connectivity index is 1.93. The first-order valence-corrected chi connectivity index (χ1v) is 10.2. The summed E-state index contributed by atoms with van der Waals surface area (Å²) in [6.45, 7) is 8.88. The van der Waals surface area contributed by atoms with Crippen LogP contribution in [-0.4, -0.2) is 25.3 Å². The molecule has 0 aliphatic heterocycles. The summed E-state index contributed by atoms with van der Waals surface area (Å²) < 4.78 is 16.5. The van der Waals surface area contributed by atoms with Crippen LogP contribution in [0, 0.1) is 0 Å². The third-order valence-electron chi connectivity index (χ3n) is 4.63. The van der Waals surface area contributed by atoms with Gasteiger partial charge in [-0.3, -0.25) is 0 Å². The fraction of sp³-hybridized carbons (Fsp3) is 0.458. The number of ether oxygens (including phenoxy) is 3. The van der Waals surface area contributed by atoms with Crippen molar-refractivity contribution in [1.29, 1.82) is 0 Å². The van der Waals surface area contributed by atoms with Crippen molar-refractivity contribution in [3.05, 3.63) is 54.1 Å². The summed E-state index contributed by atoms with van der Waals surface area (Å²) in [5.74, 6) is 0.563. The average Bonchev–Trinajstić information content (AvgIpc) is 2.72. The summed E-state index contributed by atoms with van der Waals surface area (Å²) in [6.07, 6.45) is 2.62. The van der Waals surface area contributed by atoms with Crippen LogP contribution < -0.4 is 4.74 Å². The summed E-state index contributed by atoms with van der Waals surface area (Å²) in [6, 6.07) is 16.2. The van der Waals surface area contributed by atoms with Gasteiger partial charge in [0.15, 0.2) is 6.10 Å². The summed E-state index contributed by atoms with van der Waals surface area (Å²) >= 11 is 0. The molecule has 0 heterocycles. The van der Waals surface area contributed by atoms with Gasteiger partial charge in [-0.15, -0.1) is 0 Å². The number of rotatable bonds is 11. The van der Waals surface area contributed by atoms with Gasteiger partial charge in [0.2, 0.25) is 0 Å². The topological polar surface area (TPSA) is 44.8 Å². The Morgan fingerprint density at radius 2 is 1.50 bits per heavy atom. The highest BCUT2D eigenvalue weighted by Gasteiger charge is 2.18. The molecule has 0 aliphatic carbocycles. The molecular weight excluding hydrogens is 352 g/mol. The maximum atomic E-state index is 12.0. The van der Waals surface area contributed by atoms with Crippen LogP contribution in [0.15, 0.2) is 48.5 Å². The van der Waals surface area contributed by atoms with Crippen LogP contribution in [-0.2, 0) is 14.3 Å². The third kappa shape index (κ3) is 6.68. The zero-order valence-corrected chi connectivity index (χ0v) is 17.4. The van der Waals surface area contributed by atoms with E-state index in [1.54, 1.807) is 6.92 Å². The molecule has 4 nitrogen and oxygen atoms in total. The number of unbranched alkanes of at least 4 members (excludes halogenated alkanes) is 2. The van der Waals surface area contributed by atoms with Gasteiger partial charge in [0.05, 0.1) is 6.61 Å². The number of hydrogen-bond acceptors (Lipinski definition) is 4. The molecule has 0 fully saturated rings. The largest absolute Gasteiger partial charge is 0.494 e. The van der Waals surface area contributed by atoms with Gasteiger partial charge >= 0.3 is 5.97 Å². The van der Waals surface area contributed by atoms with Crippen LogP contribution in [0.4, 0.5) is 0 Å². The second-order valence-electron chi connectivity index (χ2n) is 6.88. The Hall–Kier alpha value is -2.33. The number of carbonyl (C=O) groups is 1. The molecule has 28 heavy (non-hydrogen) atoms. The Morgan fingerprint density at radius 1 is 0.893 bits per heavy atom. The van der Waals surface area contributed by atoms with E-state index in [2.05, 4.69) is 19.1 Å². The van der Waals surface area contributed by atoms with Gasteiger partial charge in [-0.25, -0.2) is 4.79 Å². The first-order chi connectivity index (χ1) is 13.5. The van der Waals surface area contributed by atoms with E-state index < -0.39 is 6.10 Å². The van der Waals surface area contributed by atoms with E-state index in [1.165, 1.54) is 12.8 Å². The lowest BCUT2D eigenvalue weighted by molar-refractivity contribution is -0.160. The minimum Gasteiger partial charge on any atom is -0.494 e. The fourth-order valence-corrected chi connectivity index (χ4v) is 2.89. The van der Waals surface area contributed by atoms with Crippen LogP contribution in [0.2, 0.25) is 0 Å². The molecule has 2 unspecified atom stereocenters. The van der Waals surface area contributed by atoms with Gasteiger partial charge in [-0.1, -0.05) is 56.2 Å². The van der Waals surface area contributed by atoms with Gasteiger partial charge < -0.3 is 14.2 Å². The van der Waals surface area contributed by atoms with Crippen molar-refractivity contribution in [2.24, 2.45) is 0 Å². The predicted molar refractivity (Wildman–Crippen MR) is 112 cm³/mol. The van der Waals surface area contributed by atoms with Crippen molar-refractivity contribution in [2.45, 2.75) is 59.2 Å². The Bertz CT molecular complexity index is 706. The van der Waals surface area contributed by atoms with Gasteiger partial charge in [0, 0.05) is 6.61 Å². The minimum atomic E-state index is -0.547. The number of benzene rings is 2. The Kier molecular flexibility index (Phi) is 9.02. The molecule has 2 aromatic carbocycles. The third-order valence-corrected chi connectivity index (χ3v) is 4.63. The first kappa shape index (κ1) is 22.0. The standard InChI is InChI=1S/C24H32O4/c1-5-7-8-17-27-23-15-13-22(14-16-23)21-11-9-20(10-12-21)18(3)28-24(25)19(4)26-6-2/h9-16,18-19H,5-8,17H2,1-4H3. The lowest BCUT2D eigenvalue weighted by atomic mass is 10.0. The normalized spacial score (nSPS) is 13.0. The molecule has 0 radical (unpaired) electrons. The monoisotopic (exact) mass is 384 g/mol. The Morgan fingerprint density at radius 3 is 2.07 bits per heavy atom. The van der Waals surface area contributed by atoms with Gasteiger partial charge in [0.1, 0.15) is 11.9 Å². The molecule has 0 bridgehead atoms. The van der Waals surface area contributed by atoms with Gasteiger partial charge in [-0.05, 0) is 56.0 Å². The number of hydrogen-bond donors (Lipinski definition) is 0. The average molecular weight is 385 g/mol. The Labute approximate surface area is 168 Å². The summed E-state index contributed by atoms with van der Waals surface area (Å²) in [4.78, 5) is 12.0. The van der Waals surface area contributed by atoms with E-state index in [-0.39, 0.29) is 12.1 Å². The molecule has 0 saturated heterocycles. The fourth-order valence-electron chi connectivity index (χ4n) is 2.89. The van der Waals surface area contributed by atoms with E-state index in [9.17, 15) is 4.79 Å². The minimum absolute atomic E-state index is 0.316. The van der Waals surface area contributed by atoms with Crippen molar-refractivity contribution in [2.75, 3.05) is 13.2 Å². The van der Waals surface area contributed by atoms with Crippen LogP contribution >= 0.6 is 0 Å². The van der Waals surface area contributed by atoms with E-state index in [1.807, 2.05) is 50.2 Å². The molecule has 0 aromatic heterocycles. The molecule has 152 valence electrons. The molecule has 2 rings (SSSR count). The van der Waals surface area contributed by atoms with Crippen molar-refractivity contribution in [3.8, 4) is 16.9 Å². The molecule has 4 heteroatoms. The zero-order valence-electron chi connectivity index (χ0n) is 17.4. The molecule has 0 saturated carbocycles. The van der Waals surface area contributed by atoms with Gasteiger partial charge in [0.25, 0.3) is 0 Å². The van der Waals surface area contributed by atoms with Gasteiger partial charge in [-0.2, -0.15) is 0 Å². The highest BCUT2D eigenvalue weighted by Crippen LogP contribution is 2.25. The maximum Gasteiger partial charge on any atom is 0.335 e. The van der Waals surface area contributed by atoms with Crippen molar-refractivity contribution < 1.29 is 19.0 Å². The number of carbonyl (C=O) groups excluding carboxylic acids is 1. The lowest BCUT2D eigenvalue weighted by Gasteiger charge is -2.17. The quantitative estimate of drug-likeness (QED) is 0.355. The molecule has 0 aliphatic rings. The SMILES string of the molecule is CCCCCOc1ccc(-c2ccc(C(C)OC(=O)C(C)OCC)cc2)cc1. The number of esters is 1. The van der Waals surface area contributed by atoms with E-state index >= 15 is 0 Å². The summed E-state index contributed by atoms with van der Waals surface area (Å²) in [5, 5.41) is 0. The molecule has 0 amide bonds. The van der Waals surface area contributed by atoms with Crippen molar-refractivity contribution in [3.63, 3.8) is 0 Å². The van der Waals surface area contributed by atoms with Crippen LogP contribution in [0.5, 0.6) is 5.75 Å². The van der Waals surface area contributed by atoms with E-state index in [0.29, 0.717) is 6.61 Å². The highest BCUT2D eigenvalue weighted by molar-refractivity contribution is 5.74. The van der Waals surface area contributed by atoms with Crippen LogP contribution in [0.25, 0.3) is 11.1 Å². The van der Waals surface area contributed by atoms with E-state index in [4.69, 9.17) is 14.2 Å². The van der Waals surface area contributed by atoms with Crippen molar-refractivity contribution >= 4 is 5.97 Å². The maximum absolute atomic E-state index is 12.0. The summed E-state index contributed by atoms with van der Waals surface area (Å²) in [5.41, 5.74) is 3.20. The molecular formula is C24H32O4. The molecule has 0 spiro atoms. The smallest absolute Gasteiger partial charge is 0.335 e.